The summed E-state index contributed by atoms with van der Waals surface area (Å²) in [7, 11) is 0. The molecule has 0 saturated carbocycles. The number of rotatable bonds is 6. The smallest absolute Gasteiger partial charge is 0.333 e. The van der Waals surface area contributed by atoms with Gasteiger partial charge < -0.3 is 20.5 Å². The van der Waals surface area contributed by atoms with Crippen LogP contribution in [0.4, 0.5) is 0 Å². The minimum atomic E-state index is -1.14. The van der Waals surface area contributed by atoms with Crippen molar-refractivity contribution in [1.82, 2.24) is 5.32 Å². The highest BCUT2D eigenvalue weighted by Crippen LogP contribution is 2.19. The summed E-state index contributed by atoms with van der Waals surface area (Å²) < 4.78 is 10.6. The summed E-state index contributed by atoms with van der Waals surface area (Å²) in [5.74, 6) is -1.83. The van der Waals surface area contributed by atoms with Gasteiger partial charge in [-0.1, -0.05) is 30.3 Å². The number of hydrogen-bond donors (Lipinski definition) is 2. The highest BCUT2D eigenvalue weighted by molar-refractivity contribution is 5.90. The zero-order chi connectivity index (χ0) is 20.8. The van der Waals surface area contributed by atoms with Crippen molar-refractivity contribution in [2.24, 2.45) is 5.73 Å². The van der Waals surface area contributed by atoms with Crippen molar-refractivity contribution in [1.29, 1.82) is 0 Å². The lowest BCUT2D eigenvalue weighted by molar-refractivity contribution is -0.159. The standard InChI is InChI=1S/C20H30N2O5/c1-19(2,3)26-15(23)12-14(21)17(24)22-16(13-10-8-7-9-11-13)18(25)27-20(4,5)6/h7-11,14,16H,12,21H2,1-6H3,(H,22,24)/t14-,16?/m0/s1. The molecule has 0 fully saturated rings. The number of nitrogens with two attached hydrogens (primary N) is 1. The molecule has 0 aliphatic carbocycles. The van der Waals surface area contributed by atoms with Crippen LogP contribution in [-0.2, 0) is 23.9 Å². The second-order valence-electron chi connectivity index (χ2n) is 8.28. The number of carbonyl (C=O) groups is 3. The Kier molecular flexibility index (Phi) is 7.54. The topological polar surface area (TPSA) is 108 Å². The summed E-state index contributed by atoms with van der Waals surface area (Å²) in [5.41, 5.74) is 5.00. The van der Waals surface area contributed by atoms with Gasteiger partial charge in [-0.25, -0.2) is 4.79 Å². The third kappa shape index (κ3) is 8.68. The average molecular weight is 378 g/mol. The van der Waals surface area contributed by atoms with E-state index in [0.717, 1.165) is 0 Å². The molecule has 0 heterocycles. The molecule has 0 bridgehead atoms. The van der Waals surface area contributed by atoms with E-state index in [4.69, 9.17) is 15.2 Å². The van der Waals surface area contributed by atoms with E-state index in [9.17, 15) is 14.4 Å². The SMILES string of the molecule is CC(C)(C)OC(=O)C[C@H](N)C(=O)NC(C(=O)OC(C)(C)C)c1ccccc1. The molecule has 0 spiro atoms. The number of hydrogen-bond acceptors (Lipinski definition) is 6. The number of benzene rings is 1. The van der Waals surface area contributed by atoms with Gasteiger partial charge in [-0.05, 0) is 47.1 Å². The molecular weight excluding hydrogens is 348 g/mol. The molecular formula is C20H30N2O5. The third-order valence-corrected chi connectivity index (χ3v) is 3.21. The summed E-state index contributed by atoms with van der Waals surface area (Å²) in [4.78, 5) is 36.9. The number of nitrogens with one attached hydrogen (secondary N) is 1. The molecule has 0 saturated heterocycles. The Balaban J connectivity index is 2.87. The second-order valence-corrected chi connectivity index (χ2v) is 8.28. The predicted molar refractivity (Wildman–Crippen MR) is 102 cm³/mol. The zero-order valence-corrected chi connectivity index (χ0v) is 16.9. The Hall–Kier alpha value is -2.41. The molecule has 0 radical (unpaired) electrons. The van der Waals surface area contributed by atoms with Gasteiger partial charge in [0.25, 0.3) is 0 Å². The van der Waals surface area contributed by atoms with Crippen LogP contribution in [0.2, 0.25) is 0 Å². The van der Waals surface area contributed by atoms with Crippen LogP contribution < -0.4 is 11.1 Å². The molecule has 3 N–H and O–H groups in total. The normalized spacial score (nSPS) is 14.0. The highest BCUT2D eigenvalue weighted by atomic mass is 16.6. The summed E-state index contributed by atoms with van der Waals surface area (Å²) in [6, 6.07) is 6.53. The van der Waals surface area contributed by atoms with Gasteiger partial charge in [-0.3, -0.25) is 9.59 Å². The van der Waals surface area contributed by atoms with Gasteiger partial charge >= 0.3 is 11.9 Å². The lowest BCUT2D eigenvalue weighted by atomic mass is 10.1. The molecule has 7 nitrogen and oxygen atoms in total. The van der Waals surface area contributed by atoms with Gasteiger partial charge in [0.1, 0.15) is 11.2 Å². The minimum Gasteiger partial charge on any atom is -0.460 e. The van der Waals surface area contributed by atoms with E-state index in [1.165, 1.54) is 0 Å². The first-order valence-electron chi connectivity index (χ1n) is 8.84. The fourth-order valence-corrected chi connectivity index (χ4v) is 2.19. The van der Waals surface area contributed by atoms with Crippen LogP contribution >= 0.6 is 0 Å². The van der Waals surface area contributed by atoms with Crippen LogP contribution in [0.15, 0.2) is 30.3 Å². The molecule has 2 atom stereocenters. The Morgan fingerprint density at radius 2 is 1.48 bits per heavy atom. The molecule has 1 aromatic rings. The van der Waals surface area contributed by atoms with Crippen molar-refractivity contribution in [3.05, 3.63) is 35.9 Å². The van der Waals surface area contributed by atoms with Crippen molar-refractivity contribution >= 4 is 17.8 Å². The maximum atomic E-state index is 12.6. The predicted octanol–water partition coefficient (Wildman–Crippen LogP) is 2.24. The Bertz CT molecular complexity index is 659. The van der Waals surface area contributed by atoms with Crippen molar-refractivity contribution in [3.8, 4) is 0 Å². The number of carbonyl (C=O) groups excluding carboxylic acids is 3. The summed E-state index contributed by atoms with van der Waals surface area (Å²) in [6.07, 6.45) is -0.293. The largest absolute Gasteiger partial charge is 0.460 e. The van der Waals surface area contributed by atoms with Crippen molar-refractivity contribution < 1.29 is 23.9 Å². The van der Waals surface area contributed by atoms with E-state index >= 15 is 0 Å². The molecule has 1 unspecified atom stereocenters. The molecule has 7 heteroatoms. The minimum absolute atomic E-state index is 0.293. The fourth-order valence-electron chi connectivity index (χ4n) is 2.19. The van der Waals surface area contributed by atoms with Gasteiger partial charge in [0, 0.05) is 0 Å². The van der Waals surface area contributed by atoms with E-state index in [1.54, 1.807) is 71.9 Å². The lowest BCUT2D eigenvalue weighted by Gasteiger charge is -2.26. The van der Waals surface area contributed by atoms with E-state index in [2.05, 4.69) is 5.32 Å². The van der Waals surface area contributed by atoms with E-state index in [-0.39, 0.29) is 6.42 Å². The summed E-state index contributed by atoms with van der Waals surface area (Å²) in [6.45, 7) is 10.4. The quantitative estimate of drug-likeness (QED) is 0.735. The maximum absolute atomic E-state index is 12.6. The first-order valence-corrected chi connectivity index (χ1v) is 8.84. The zero-order valence-electron chi connectivity index (χ0n) is 16.9. The number of amides is 1. The number of esters is 2. The molecule has 0 aliphatic rings. The lowest BCUT2D eigenvalue weighted by Crippen LogP contribution is -2.46. The van der Waals surface area contributed by atoms with Crippen LogP contribution in [0.3, 0.4) is 0 Å². The van der Waals surface area contributed by atoms with Crippen LogP contribution in [-0.4, -0.2) is 35.1 Å². The summed E-state index contributed by atoms with van der Waals surface area (Å²) >= 11 is 0. The maximum Gasteiger partial charge on any atom is 0.333 e. The third-order valence-electron chi connectivity index (χ3n) is 3.21. The van der Waals surface area contributed by atoms with Gasteiger partial charge in [-0.15, -0.1) is 0 Å². The van der Waals surface area contributed by atoms with Crippen molar-refractivity contribution in [3.63, 3.8) is 0 Å². The van der Waals surface area contributed by atoms with Crippen LogP contribution in [0.25, 0.3) is 0 Å². The molecule has 1 rings (SSSR count). The Morgan fingerprint density at radius 1 is 0.963 bits per heavy atom. The van der Waals surface area contributed by atoms with Crippen molar-refractivity contribution in [2.75, 3.05) is 0 Å². The van der Waals surface area contributed by atoms with Gasteiger partial charge in [-0.2, -0.15) is 0 Å². The van der Waals surface area contributed by atoms with Crippen LogP contribution in [0.1, 0.15) is 59.6 Å². The molecule has 1 aromatic carbocycles. The van der Waals surface area contributed by atoms with Crippen LogP contribution in [0, 0.1) is 0 Å². The Labute approximate surface area is 160 Å². The Morgan fingerprint density at radius 3 is 1.96 bits per heavy atom. The molecule has 1 amide bonds. The molecule has 27 heavy (non-hydrogen) atoms. The molecule has 0 aliphatic heterocycles. The van der Waals surface area contributed by atoms with E-state index < -0.39 is 41.1 Å². The van der Waals surface area contributed by atoms with Gasteiger partial charge in [0.05, 0.1) is 12.5 Å². The summed E-state index contributed by atoms with van der Waals surface area (Å²) in [5, 5.41) is 2.58. The second kappa shape index (κ2) is 8.99. The molecule has 150 valence electrons. The van der Waals surface area contributed by atoms with Gasteiger partial charge in [0.15, 0.2) is 6.04 Å². The van der Waals surface area contributed by atoms with Gasteiger partial charge in [0.2, 0.25) is 5.91 Å². The van der Waals surface area contributed by atoms with E-state index in [0.29, 0.717) is 5.56 Å². The van der Waals surface area contributed by atoms with Crippen LogP contribution in [0.5, 0.6) is 0 Å². The highest BCUT2D eigenvalue weighted by Gasteiger charge is 2.30. The van der Waals surface area contributed by atoms with Crippen molar-refractivity contribution in [2.45, 2.75) is 71.2 Å². The number of ether oxygens (including phenoxy) is 2. The molecule has 0 aromatic heterocycles. The fraction of sp³-hybridized carbons (Fsp3) is 0.550. The monoisotopic (exact) mass is 378 g/mol. The first kappa shape index (κ1) is 22.6. The van der Waals surface area contributed by atoms with E-state index in [1.807, 2.05) is 0 Å². The average Bonchev–Trinajstić information content (AvgIpc) is 2.49. The first-order chi connectivity index (χ1) is 12.3.